The van der Waals surface area contributed by atoms with E-state index in [1.807, 2.05) is 11.0 Å². The van der Waals surface area contributed by atoms with Crippen molar-refractivity contribution in [1.82, 2.24) is 34.9 Å². The number of piperidine rings is 2. The van der Waals surface area contributed by atoms with Crippen molar-refractivity contribution in [2.24, 2.45) is 5.41 Å². The first-order chi connectivity index (χ1) is 32.0. The average molecular weight is 927 g/mol. The second-order valence-electron chi connectivity index (χ2n) is 17.5. The molecule has 5 amide bonds. The number of imide groups is 2. The number of benzene rings is 3. The lowest BCUT2D eigenvalue weighted by molar-refractivity contribution is -0.137. The fourth-order valence-electron chi connectivity index (χ4n) is 9.52. The number of hydrogen-bond acceptors (Lipinski definition) is 14. The standard InChI is InChI=1S/C47H52ClFN8O9/c1-63-39-25-36-33(43(51-28-50-36)52-30-3-4-35(49)34(48)22-30)24-40(39)65-18-2-10-54-13-15-55(16-14-54)17-20-64-19-7-42(59)56-11-8-47(9-12-56)26-29-21-31-32(23-38(29)66-27-47)46(62)57(45(31)61)37-5-6-41(58)53-44(37)60/h3-4,21-25,28,37H,2,5-20,26-27H2,1H3,(H,50,51,52)(H,53,58,60). The third-order valence-electron chi connectivity index (χ3n) is 13.4. The summed E-state index contributed by atoms with van der Waals surface area (Å²) in [6.45, 7) is 8.47. The Labute approximate surface area is 385 Å². The minimum absolute atomic E-state index is 0.00867. The normalized spacial score (nSPS) is 19.7. The lowest BCUT2D eigenvalue weighted by atomic mass is 9.72. The number of nitrogens with zero attached hydrogens (tertiary/aromatic N) is 6. The highest BCUT2D eigenvalue weighted by molar-refractivity contribution is 6.31. The molecule has 66 heavy (non-hydrogen) atoms. The molecule has 19 heteroatoms. The van der Waals surface area contributed by atoms with Gasteiger partial charge in [0.05, 0.1) is 61.6 Å². The number of ether oxygens (including phenoxy) is 4. The third-order valence-corrected chi connectivity index (χ3v) is 13.6. The maximum Gasteiger partial charge on any atom is 0.262 e. The SMILES string of the molecule is COc1cc2ncnc(Nc3ccc(F)c(Cl)c3)c2cc1OCCCN1CCN(CCOCCC(=O)N2CCC3(CC2)COc2cc4c(cc2C3)C(=O)N(C2CCC(=O)NC2=O)C4=O)CC1. The van der Waals surface area contributed by atoms with Gasteiger partial charge in [-0.1, -0.05) is 11.6 Å². The van der Waals surface area contributed by atoms with Crippen molar-refractivity contribution in [1.29, 1.82) is 0 Å². The molecular weight excluding hydrogens is 875 g/mol. The van der Waals surface area contributed by atoms with Crippen molar-refractivity contribution in [3.63, 3.8) is 0 Å². The number of nitrogens with one attached hydrogen (secondary N) is 2. The van der Waals surface area contributed by atoms with Crippen LogP contribution in [-0.2, 0) is 25.5 Å². The van der Waals surface area contributed by atoms with Crippen LogP contribution in [0.3, 0.4) is 0 Å². The zero-order valence-electron chi connectivity index (χ0n) is 36.7. The van der Waals surface area contributed by atoms with Gasteiger partial charge in [-0.25, -0.2) is 14.4 Å². The molecule has 4 aromatic rings. The zero-order chi connectivity index (χ0) is 46.0. The molecule has 5 aliphatic rings. The summed E-state index contributed by atoms with van der Waals surface area (Å²) < 4.78 is 37.6. The van der Waals surface area contributed by atoms with E-state index in [1.54, 1.807) is 31.4 Å². The maximum atomic E-state index is 13.7. The fourth-order valence-corrected chi connectivity index (χ4v) is 9.70. The van der Waals surface area contributed by atoms with Gasteiger partial charge in [0.25, 0.3) is 11.8 Å². The monoisotopic (exact) mass is 926 g/mol. The summed E-state index contributed by atoms with van der Waals surface area (Å²) >= 11 is 5.98. The predicted molar refractivity (Wildman–Crippen MR) is 240 cm³/mol. The van der Waals surface area contributed by atoms with Gasteiger partial charge in [-0.15, -0.1) is 0 Å². The molecule has 0 bridgehead atoms. The maximum absolute atomic E-state index is 13.7. The van der Waals surface area contributed by atoms with Crippen molar-refractivity contribution in [3.05, 3.63) is 76.3 Å². The van der Waals surface area contributed by atoms with Crippen LogP contribution >= 0.6 is 11.6 Å². The van der Waals surface area contributed by atoms with E-state index in [4.69, 9.17) is 30.5 Å². The molecule has 1 aromatic heterocycles. The molecule has 0 saturated carbocycles. The molecule has 1 atom stereocenters. The van der Waals surface area contributed by atoms with Gasteiger partial charge in [0.15, 0.2) is 11.5 Å². The van der Waals surface area contributed by atoms with Gasteiger partial charge in [0.1, 0.15) is 29.8 Å². The number of carbonyl (C=O) groups excluding carboxylic acids is 5. The number of halogens is 2. The minimum atomic E-state index is -1.02. The molecule has 1 spiro atoms. The van der Waals surface area contributed by atoms with Gasteiger partial charge in [-0.3, -0.25) is 39.1 Å². The van der Waals surface area contributed by atoms with Crippen molar-refractivity contribution in [2.75, 3.05) is 91.2 Å². The Morgan fingerprint density at radius 1 is 0.924 bits per heavy atom. The zero-order valence-corrected chi connectivity index (χ0v) is 37.5. The highest BCUT2D eigenvalue weighted by Crippen LogP contribution is 2.44. The molecule has 0 aliphatic carbocycles. The summed E-state index contributed by atoms with van der Waals surface area (Å²) in [5.74, 6) is -0.357. The average Bonchev–Trinajstić information content (AvgIpc) is 3.55. The Hall–Kier alpha value is -5.95. The Morgan fingerprint density at radius 2 is 1.68 bits per heavy atom. The van der Waals surface area contributed by atoms with Crippen LogP contribution in [0, 0.1) is 11.2 Å². The molecule has 3 aromatic carbocycles. The number of hydrogen-bond donors (Lipinski definition) is 2. The molecule has 3 saturated heterocycles. The fraction of sp³-hybridized carbons (Fsp3) is 0.468. The number of amides is 5. The predicted octanol–water partition coefficient (Wildman–Crippen LogP) is 4.61. The van der Waals surface area contributed by atoms with Crippen molar-refractivity contribution < 1.29 is 47.3 Å². The third kappa shape index (κ3) is 9.63. The van der Waals surface area contributed by atoms with Crippen LogP contribution in [-0.4, -0.2) is 151 Å². The highest BCUT2D eigenvalue weighted by Gasteiger charge is 2.47. The highest BCUT2D eigenvalue weighted by atomic mass is 35.5. The number of fused-ring (bicyclic) bond motifs is 3. The molecular formula is C47H52ClFN8O9. The molecule has 5 aliphatic heterocycles. The number of methoxy groups -OCH3 is 1. The van der Waals surface area contributed by atoms with Crippen LogP contribution in [0.1, 0.15) is 64.8 Å². The molecule has 348 valence electrons. The molecule has 2 N–H and O–H groups in total. The van der Waals surface area contributed by atoms with Crippen LogP contribution in [0.4, 0.5) is 15.9 Å². The first kappa shape index (κ1) is 45.2. The molecule has 1 unspecified atom stereocenters. The van der Waals surface area contributed by atoms with Crippen LogP contribution in [0.15, 0.2) is 48.8 Å². The van der Waals surface area contributed by atoms with E-state index >= 15 is 0 Å². The molecule has 3 fully saturated rings. The Morgan fingerprint density at radius 3 is 2.42 bits per heavy atom. The number of anilines is 2. The van der Waals surface area contributed by atoms with Crippen molar-refractivity contribution >= 4 is 63.5 Å². The van der Waals surface area contributed by atoms with Crippen molar-refractivity contribution in [2.45, 2.75) is 51.0 Å². The van der Waals surface area contributed by atoms with Gasteiger partial charge in [0.2, 0.25) is 17.7 Å². The van der Waals surface area contributed by atoms with Crippen LogP contribution in [0.2, 0.25) is 5.02 Å². The smallest absolute Gasteiger partial charge is 0.262 e. The first-order valence-corrected chi connectivity index (χ1v) is 22.8. The van der Waals surface area contributed by atoms with Gasteiger partial charge in [-0.05, 0) is 74.1 Å². The summed E-state index contributed by atoms with van der Waals surface area (Å²) in [7, 11) is 1.59. The van der Waals surface area contributed by atoms with Crippen LogP contribution in [0.5, 0.6) is 17.2 Å². The molecule has 17 nitrogen and oxygen atoms in total. The molecule has 6 heterocycles. The minimum Gasteiger partial charge on any atom is -0.493 e. The van der Waals surface area contributed by atoms with Gasteiger partial charge >= 0.3 is 0 Å². The summed E-state index contributed by atoms with van der Waals surface area (Å²) in [6, 6.07) is 10.3. The summed E-state index contributed by atoms with van der Waals surface area (Å²) in [5.41, 5.74) is 2.34. The Balaban J connectivity index is 0.659. The van der Waals surface area contributed by atoms with Crippen LogP contribution < -0.4 is 24.8 Å². The summed E-state index contributed by atoms with van der Waals surface area (Å²) in [6.07, 6.45) is 4.89. The molecule has 0 radical (unpaired) electrons. The van der Waals surface area contributed by atoms with E-state index in [9.17, 15) is 28.4 Å². The van der Waals surface area contributed by atoms with E-state index in [-0.39, 0.29) is 40.3 Å². The van der Waals surface area contributed by atoms with Gasteiger partial charge < -0.3 is 34.1 Å². The number of carbonyl (C=O) groups is 5. The van der Waals surface area contributed by atoms with Crippen LogP contribution in [0.25, 0.3) is 10.9 Å². The number of aromatic nitrogens is 2. The van der Waals surface area contributed by atoms with E-state index in [1.165, 1.54) is 18.5 Å². The van der Waals surface area contributed by atoms with E-state index in [0.29, 0.717) is 86.6 Å². The Kier molecular flexibility index (Phi) is 13.4. The number of rotatable bonds is 15. The second kappa shape index (κ2) is 19.5. The van der Waals surface area contributed by atoms with E-state index in [2.05, 4.69) is 30.4 Å². The van der Waals surface area contributed by atoms with Crippen molar-refractivity contribution in [3.8, 4) is 17.2 Å². The number of piperazine rings is 1. The lowest BCUT2D eigenvalue weighted by Crippen LogP contribution is -2.54. The van der Waals surface area contributed by atoms with E-state index < -0.39 is 35.5 Å². The number of likely N-dealkylation sites (tertiary alicyclic amines) is 1. The lowest BCUT2D eigenvalue weighted by Gasteiger charge is -2.44. The summed E-state index contributed by atoms with van der Waals surface area (Å²) in [5, 5.41) is 6.15. The van der Waals surface area contributed by atoms with E-state index in [0.717, 1.165) is 74.4 Å². The first-order valence-electron chi connectivity index (χ1n) is 22.5. The summed E-state index contributed by atoms with van der Waals surface area (Å²) in [4.78, 5) is 80.5. The molecule has 9 rings (SSSR count). The Bertz CT molecular complexity index is 2550. The quantitative estimate of drug-likeness (QED) is 0.124. The largest absolute Gasteiger partial charge is 0.493 e. The van der Waals surface area contributed by atoms with Gasteiger partial charge in [0, 0.05) is 81.3 Å². The topological polar surface area (TPSA) is 185 Å². The second-order valence-corrected chi connectivity index (χ2v) is 18.0. The van der Waals surface area contributed by atoms with Gasteiger partial charge in [-0.2, -0.15) is 0 Å².